The van der Waals surface area contributed by atoms with Gasteiger partial charge in [0.25, 0.3) is 0 Å². The van der Waals surface area contributed by atoms with Crippen molar-refractivity contribution in [2.75, 3.05) is 13.3 Å². The minimum absolute atomic E-state index is 0.345. The van der Waals surface area contributed by atoms with Gasteiger partial charge in [-0.05, 0) is 36.6 Å². The molecule has 120 valence electrons. The normalized spacial score (nSPS) is 18.6. The average molecular weight is 332 g/mol. The summed E-state index contributed by atoms with van der Waals surface area (Å²) >= 11 is 6.13. The van der Waals surface area contributed by atoms with Crippen molar-refractivity contribution in [2.24, 2.45) is 0 Å². The molecule has 0 spiro atoms. The lowest BCUT2D eigenvalue weighted by molar-refractivity contribution is -0.00702. The number of halogens is 1. The fraction of sp³-hybridized carbons (Fsp3) is 0.294. The number of aromatic nitrogens is 2. The van der Waals surface area contributed by atoms with Gasteiger partial charge in [-0.15, -0.1) is 0 Å². The molecule has 2 aromatic rings. The second kappa shape index (κ2) is 7.55. The van der Waals surface area contributed by atoms with Crippen molar-refractivity contribution in [3.05, 3.63) is 53.1 Å². The fourth-order valence-electron chi connectivity index (χ4n) is 2.42. The molecule has 0 bridgehead atoms. The van der Waals surface area contributed by atoms with Crippen LogP contribution < -0.4 is 4.74 Å². The summed E-state index contributed by atoms with van der Waals surface area (Å²) in [5.41, 5.74) is 1.81. The Balaban J connectivity index is 1.67. The van der Waals surface area contributed by atoms with E-state index in [0.29, 0.717) is 17.6 Å². The first-order valence-corrected chi connectivity index (χ1v) is 7.89. The summed E-state index contributed by atoms with van der Waals surface area (Å²) in [6.07, 6.45) is 10.3. The summed E-state index contributed by atoms with van der Waals surface area (Å²) in [5.74, 6) is 0.628. The molecule has 1 aliphatic rings. The van der Waals surface area contributed by atoms with Crippen molar-refractivity contribution >= 4 is 23.8 Å². The average Bonchev–Trinajstić information content (AvgIpc) is 2.99. The van der Waals surface area contributed by atoms with E-state index >= 15 is 0 Å². The van der Waals surface area contributed by atoms with Gasteiger partial charge < -0.3 is 9.84 Å². The standard InChI is InChI=1S/C17H18ClN3O2/c18-17-14(4-3-13-5-7-19-8-6-13)10-15(11-20-17)23-12-21-9-1-2-16(21)22/h3-8,10-11,16,22H,1-2,9,12H2/t16-/m0/s1. The molecule has 6 heteroatoms. The highest BCUT2D eigenvalue weighted by Gasteiger charge is 2.22. The van der Waals surface area contributed by atoms with Gasteiger partial charge in [0.05, 0.1) is 6.20 Å². The molecule has 0 aromatic carbocycles. The van der Waals surface area contributed by atoms with Crippen LogP contribution in [0, 0.1) is 0 Å². The van der Waals surface area contributed by atoms with Crippen LogP contribution in [0.25, 0.3) is 12.2 Å². The predicted molar refractivity (Wildman–Crippen MR) is 89.9 cm³/mol. The van der Waals surface area contributed by atoms with Gasteiger partial charge in [0.2, 0.25) is 0 Å². The van der Waals surface area contributed by atoms with Crippen LogP contribution in [0.1, 0.15) is 24.0 Å². The van der Waals surface area contributed by atoms with Crippen LogP contribution in [0.15, 0.2) is 36.8 Å². The maximum Gasteiger partial charge on any atom is 0.144 e. The zero-order chi connectivity index (χ0) is 16.1. The van der Waals surface area contributed by atoms with Crippen LogP contribution in [0.4, 0.5) is 0 Å². The first kappa shape index (κ1) is 15.9. The summed E-state index contributed by atoms with van der Waals surface area (Å²) in [4.78, 5) is 10.0. The molecular formula is C17H18ClN3O2. The van der Waals surface area contributed by atoms with Crippen LogP contribution in [0.3, 0.4) is 0 Å². The van der Waals surface area contributed by atoms with Crippen molar-refractivity contribution in [3.63, 3.8) is 0 Å². The second-order valence-electron chi connectivity index (χ2n) is 5.37. The Labute approximate surface area is 140 Å². The third-order valence-electron chi connectivity index (χ3n) is 3.73. The van der Waals surface area contributed by atoms with Gasteiger partial charge in [0.1, 0.15) is 23.9 Å². The van der Waals surface area contributed by atoms with E-state index < -0.39 is 6.23 Å². The monoisotopic (exact) mass is 331 g/mol. The molecule has 1 N–H and O–H groups in total. The van der Waals surface area contributed by atoms with E-state index in [1.54, 1.807) is 18.6 Å². The minimum atomic E-state index is -0.415. The second-order valence-corrected chi connectivity index (χ2v) is 5.73. The van der Waals surface area contributed by atoms with Crippen molar-refractivity contribution in [1.82, 2.24) is 14.9 Å². The molecule has 1 fully saturated rings. The topological polar surface area (TPSA) is 58.5 Å². The number of rotatable bonds is 5. The zero-order valence-corrected chi connectivity index (χ0v) is 13.4. The number of hydrogen-bond acceptors (Lipinski definition) is 5. The highest BCUT2D eigenvalue weighted by Crippen LogP contribution is 2.22. The van der Waals surface area contributed by atoms with Crippen molar-refractivity contribution < 1.29 is 9.84 Å². The number of hydrogen-bond donors (Lipinski definition) is 1. The van der Waals surface area contributed by atoms with Crippen LogP contribution in [0.5, 0.6) is 5.75 Å². The minimum Gasteiger partial charge on any atom is -0.476 e. The smallest absolute Gasteiger partial charge is 0.144 e. The van der Waals surface area contributed by atoms with Gasteiger partial charge >= 0.3 is 0 Å². The molecule has 5 nitrogen and oxygen atoms in total. The Kier molecular flexibility index (Phi) is 5.23. The van der Waals surface area contributed by atoms with Gasteiger partial charge in [-0.1, -0.05) is 23.8 Å². The largest absolute Gasteiger partial charge is 0.476 e. The zero-order valence-electron chi connectivity index (χ0n) is 12.6. The molecule has 1 saturated heterocycles. The molecule has 3 rings (SSSR count). The van der Waals surface area contributed by atoms with Crippen LogP contribution >= 0.6 is 11.6 Å². The highest BCUT2D eigenvalue weighted by atomic mass is 35.5. The molecule has 23 heavy (non-hydrogen) atoms. The molecule has 0 saturated carbocycles. The van der Waals surface area contributed by atoms with Crippen LogP contribution in [0.2, 0.25) is 5.15 Å². The SMILES string of the molecule is O[C@H]1CCCN1COc1cnc(Cl)c(C=Cc2ccncc2)c1. The van der Waals surface area contributed by atoms with E-state index in [9.17, 15) is 5.11 Å². The van der Waals surface area contributed by atoms with E-state index in [1.807, 2.05) is 35.3 Å². The van der Waals surface area contributed by atoms with Gasteiger partial charge in [-0.3, -0.25) is 4.98 Å². The van der Waals surface area contributed by atoms with Crippen molar-refractivity contribution in [3.8, 4) is 5.75 Å². The maximum absolute atomic E-state index is 9.77. The molecule has 0 radical (unpaired) electrons. The maximum atomic E-state index is 9.77. The quantitative estimate of drug-likeness (QED) is 0.853. The van der Waals surface area contributed by atoms with Crippen molar-refractivity contribution in [1.29, 1.82) is 0 Å². The lowest BCUT2D eigenvalue weighted by Gasteiger charge is -2.20. The summed E-state index contributed by atoms with van der Waals surface area (Å²) in [6, 6.07) is 5.66. The van der Waals surface area contributed by atoms with Gasteiger partial charge in [0.15, 0.2) is 0 Å². The van der Waals surface area contributed by atoms with E-state index in [2.05, 4.69) is 9.97 Å². The number of nitrogens with zero attached hydrogens (tertiary/aromatic N) is 3. The lowest BCUT2D eigenvalue weighted by atomic mass is 10.2. The molecule has 0 aliphatic carbocycles. The van der Waals surface area contributed by atoms with Gasteiger partial charge in [0, 0.05) is 24.5 Å². The summed E-state index contributed by atoms with van der Waals surface area (Å²) in [6.45, 7) is 1.19. The molecule has 0 amide bonds. The van der Waals surface area contributed by atoms with Crippen molar-refractivity contribution in [2.45, 2.75) is 19.1 Å². The first-order chi connectivity index (χ1) is 11.2. The Bertz CT molecular complexity index is 679. The molecule has 2 aromatic heterocycles. The third-order valence-corrected chi connectivity index (χ3v) is 4.04. The fourth-order valence-corrected chi connectivity index (χ4v) is 2.58. The van der Waals surface area contributed by atoms with E-state index in [1.165, 1.54) is 0 Å². The molecule has 3 heterocycles. The Morgan fingerprint density at radius 3 is 2.91 bits per heavy atom. The summed E-state index contributed by atoms with van der Waals surface area (Å²) < 4.78 is 5.71. The molecule has 0 unspecified atom stereocenters. The lowest BCUT2D eigenvalue weighted by Crippen LogP contribution is -2.32. The van der Waals surface area contributed by atoms with E-state index in [0.717, 1.165) is 30.5 Å². The third kappa shape index (κ3) is 4.28. The summed E-state index contributed by atoms with van der Waals surface area (Å²) in [7, 11) is 0. The Hall–Kier alpha value is -1.95. The number of aliphatic hydroxyl groups excluding tert-OH is 1. The van der Waals surface area contributed by atoms with E-state index in [-0.39, 0.29) is 0 Å². The summed E-state index contributed by atoms with van der Waals surface area (Å²) in [5, 5.41) is 10.2. The van der Waals surface area contributed by atoms with Gasteiger partial charge in [-0.2, -0.15) is 0 Å². The number of pyridine rings is 2. The first-order valence-electron chi connectivity index (χ1n) is 7.51. The highest BCUT2D eigenvalue weighted by molar-refractivity contribution is 6.31. The van der Waals surface area contributed by atoms with E-state index in [4.69, 9.17) is 16.3 Å². The van der Waals surface area contributed by atoms with Gasteiger partial charge in [-0.25, -0.2) is 9.88 Å². The molecular weight excluding hydrogens is 314 g/mol. The number of ether oxygens (including phenoxy) is 1. The molecule has 1 aliphatic heterocycles. The Morgan fingerprint density at radius 2 is 2.17 bits per heavy atom. The number of aliphatic hydroxyl groups is 1. The molecule has 1 atom stereocenters. The van der Waals surface area contributed by atoms with Crippen LogP contribution in [-0.2, 0) is 0 Å². The number of likely N-dealkylation sites (tertiary alicyclic amines) is 1. The van der Waals surface area contributed by atoms with Crippen LogP contribution in [-0.4, -0.2) is 39.5 Å². The predicted octanol–water partition coefficient (Wildman–Crippen LogP) is 3.05. The Morgan fingerprint density at radius 1 is 1.35 bits per heavy atom.